The highest BCUT2D eigenvalue weighted by Gasteiger charge is 2.11. The molecule has 0 atom stereocenters. The Bertz CT molecular complexity index is 3140. The number of aryl methyl sites for hydroxylation is 2. The highest BCUT2D eigenvalue weighted by atomic mass is 35.5. The number of nitrogens with two attached hydrogens (primary N) is 3. The molecule has 0 saturated carbocycles. The molecular weight excluding hydrogens is 910 g/mol. The number of amides is 1. The molecule has 0 radical (unpaired) electrons. The molecule has 8 N–H and O–H groups in total. The largest absolute Gasteiger partial charge is 0.478 e. The molecule has 15 nitrogen and oxygen atoms in total. The molecule has 0 fully saturated rings. The van der Waals surface area contributed by atoms with E-state index in [1.165, 1.54) is 29.0 Å². The Morgan fingerprint density at radius 1 is 0.697 bits per heavy atom. The molecule has 6 aromatic heterocycles. The molecule has 1 amide bonds. The third kappa shape index (κ3) is 14.1. The highest BCUT2D eigenvalue weighted by molar-refractivity contribution is 6.31. The average Bonchev–Trinajstić information content (AvgIpc) is 3.28. The number of fused-ring (bicyclic) bond motifs is 2. The topological polar surface area (TPSA) is 240 Å². The van der Waals surface area contributed by atoms with Gasteiger partial charge in [-0.15, -0.1) is 12.4 Å². The third-order valence-corrected chi connectivity index (χ3v) is 10.2. The number of hydrogen-bond donors (Lipinski definition) is 5. The summed E-state index contributed by atoms with van der Waals surface area (Å²) in [6.45, 7) is 5.18. The van der Waals surface area contributed by atoms with E-state index in [4.69, 9.17) is 46.9 Å². The number of pyridine rings is 6. The maximum Gasteiger partial charge on any atom is 0.335 e. The third-order valence-electron chi connectivity index (χ3n) is 9.76. The Hall–Kier alpha value is -7.24. The second-order valence-corrected chi connectivity index (χ2v) is 15.2. The lowest BCUT2D eigenvalue weighted by Crippen LogP contribution is -2.24. The molecular formula is C47H46Cl3FN10O5. The maximum atomic E-state index is 12.6. The van der Waals surface area contributed by atoms with Crippen molar-refractivity contribution < 1.29 is 20.5 Å². The number of rotatable bonds is 9. The molecule has 8 aromatic rings. The van der Waals surface area contributed by atoms with E-state index in [1.54, 1.807) is 90.1 Å². The van der Waals surface area contributed by atoms with E-state index < -0.39 is 13.1 Å². The summed E-state index contributed by atoms with van der Waals surface area (Å²) in [7, 11) is -1.00. The number of carboxylic acid groups (broad SMARTS) is 1. The van der Waals surface area contributed by atoms with Crippen LogP contribution < -0.4 is 33.6 Å². The van der Waals surface area contributed by atoms with Crippen molar-refractivity contribution in [1.29, 1.82) is 0 Å². The van der Waals surface area contributed by atoms with Crippen LogP contribution in [0.1, 0.15) is 55.7 Å². The van der Waals surface area contributed by atoms with Gasteiger partial charge in [-0.3, -0.25) is 28.7 Å². The van der Waals surface area contributed by atoms with Crippen LogP contribution >= 0.6 is 35.6 Å². The van der Waals surface area contributed by atoms with Crippen molar-refractivity contribution in [1.82, 2.24) is 34.4 Å². The first-order chi connectivity index (χ1) is 31.6. The molecule has 2 aromatic carbocycles. The van der Waals surface area contributed by atoms with Gasteiger partial charge in [-0.05, 0) is 118 Å². The van der Waals surface area contributed by atoms with Crippen LogP contribution in [0.2, 0.25) is 10.0 Å². The van der Waals surface area contributed by atoms with Crippen LogP contribution in [-0.4, -0.2) is 53.2 Å². The summed E-state index contributed by atoms with van der Waals surface area (Å²) in [5.74, 6) is -0.272. The average molecular weight is 957 g/mol. The fourth-order valence-electron chi connectivity index (χ4n) is 6.36. The van der Waals surface area contributed by atoms with Gasteiger partial charge in [-0.1, -0.05) is 35.3 Å². The van der Waals surface area contributed by atoms with Gasteiger partial charge in [0.05, 0.1) is 38.6 Å². The van der Waals surface area contributed by atoms with Crippen molar-refractivity contribution in [2.75, 3.05) is 18.6 Å². The van der Waals surface area contributed by atoms with Crippen LogP contribution in [0.3, 0.4) is 0 Å². The zero-order valence-corrected chi connectivity index (χ0v) is 37.9. The lowest BCUT2D eigenvalue weighted by Gasteiger charge is -2.10. The van der Waals surface area contributed by atoms with E-state index in [-0.39, 0.29) is 48.1 Å². The zero-order chi connectivity index (χ0) is 47.9. The number of halogens is 4. The number of alkyl halides is 1. The molecule has 6 heterocycles. The van der Waals surface area contributed by atoms with Gasteiger partial charge in [0.1, 0.15) is 11.6 Å². The number of carbonyl (C=O) groups is 2. The second-order valence-electron chi connectivity index (χ2n) is 14.4. The van der Waals surface area contributed by atoms with E-state index in [2.05, 4.69) is 25.3 Å². The van der Waals surface area contributed by atoms with Gasteiger partial charge in [-0.25, -0.2) is 14.8 Å². The fraction of sp³-hybridized carbons (Fsp3) is 0.149. The van der Waals surface area contributed by atoms with Gasteiger partial charge < -0.3 is 36.8 Å². The number of benzene rings is 2. The molecule has 0 spiro atoms. The van der Waals surface area contributed by atoms with E-state index in [9.17, 15) is 23.6 Å². The van der Waals surface area contributed by atoms with Crippen molar-refractivity contribution in [3.63, 3.8) is 0 Å². The summed E-state index contributed by atoms with van der Waals surface area (Å²) in [6.07, 6.45) is 9.78. The number of nitrogens with one attached hydrogen (secondary N) is 1. The summed E-state index contributed by atoms with van der Waals surface area (Å²) < 4.78 is 18.5. The van der Waals surface area contributed by atoms with Crippen molar-refractivity contribution in [2.24, 2.45) is 5.73 Å². The monoisotopic (exact) mass is 955 g/mol. The SMILES string of the molecule is Cc1cc(N)ncc1CN.Cc1cc(N)ncc1CNC(=O)c1ccnc(Cn2cc3cc(Cl)ccc3cc2=O)c1.Cl.O=C(O)c1ccnc(Cn2cc3cc(Cl)ccc3cc2=O)c1.[2H]CF. The van der Waals surface area contributed by atoms with Crippen molar-refractivity contribution >= 4 is 80.7 Å². The standard InChI is InChI=1S/C23H20ClN5O2.C16H11ClN2O3.C7H11N3.CH3F.ClH/c1-14-6-21(25)27-10-18(14)11-28-23(31)16-4-5-26-20(8-16)13-29-12-17-7-19(24)3-2-15(17)9-22(29)30;17-13-2-1-10-7-15(20)19(8-12(10)5-13)9-14-6-11(16(21)22)3-4-18-14;1-5-2-7(9)10-4-6(5)3-8;1-2;/h2-10,12H,11,13H2,1H3,(H2,25,27)(H,28,31);1-8H,9H2,(H,21,22);2,4H,3,8H2,1H3,(H2,9,10);1H3;1H/i;;;1D;. The number of anilines is 2. The lowest BCUT2D eigenvalue weighted by atomic mass is 10.1. The fourth-order valence-corrected chi connectivity index (χ4v) is 6.72. The molecule has 0 saturated heterocycles. The summed E-state index contributed by atoms with van der Waals surface area (Å²) in [6, 6.07) is 23.5. The Morgan fingerprint density at radius 3 is 1.61 bits per heavy atom. The Labute approximate surface area is 395 Å². The number of nitrogens with zero attached hydrogens (tertiary/aromatic N) is 6. The van der Waals surface area contributed by atoms with E-state index >= 15 is 0 Å². The van der Waals surface area contributed by atoms with Gasteiger partial charge >= 0.3 is 5.97 Å². The van der Waals surface area contributed by atoms with Gasteiger partial charge in [-0.2, -0.15) is 0 Å². The lowest BCUT2D eigenvalue weighted by molar-refractivity contribution is 0.0696. The minimum absolute atomic E-state index is 0. The van der Waals surface area contributed by atoms with Crippen molar-refractivity contribution in [3.05, 3.63) is 198 Å². The zero-order valence-electron chi connectivity index (χ0n) is 36.6. The highest BCUT2D eigenvalue weighted by Crippen LogP contribution is 2.19. The van der Waals surface area contributed by atoms with Gasteiger partial charge in [0, 0.05) is 78.0 Å². The molecule has 0 unspecified atom stereocenters. The molecule has 0 bridgehead atoms. The molecule has 8 rings (SSSR count). The number of hydrogen-bond acceptors (Lipinski definition) is 11. The van der Waals surface area contributed by atoms with E-state index in [0.717, 1.165) is 43.8 Å². The van der Waals surface area contributed by atoms with Crippen LogP contribution in [0, 0.1) is 13.8 Å². The summed E-state index contributed by atoms with van der Waals surface area (Å²) in [5, 5.41) is 16.4. The Kier molecular flexibility index (Phi) is 18.2. The van der Waals surface area contributed by atoms with E-state index in [0.29, 0.717) is 51.7 Å². The van der Waals surface area contributed by atoms with Crippen LogP contribution in [0.4, 0.5) is 16.0 Å². The first kappa shape index (κ1) is 49.8. The van der Waals surface area contributed by atoms with Crippen LogP contribution in [0.25, 0.3) is 21.5 Å². The summed E-state index contributed by atoms with van der Waals surface area (Å²) in [4.78, 5) is 64.6. The normalized spacial score (nSPS) is 10.5. The van der Waals surface area contributed by atoms with Gasteiger partial charge in [0.2, 0.25) is 0 Å². The minimum atomic E-state index is -1.03. The van der Waals surface area contributed by atoms with Gasteiger partial charge in [0.25, 0.3) is 17.0 Å². The predicted octanol–water partition coefficient (Wildman–Crippen LogP) is 7.55. The molecule has 342 valence electrons. The number of nitrogen functional groups attached to an aromatic ring is 2. The van der Waals surface area contributed by atoms with Crippen molar-refractivity contribution in [3.8, 4) is 0 Å². The molecule has 66 heavy (non-hydrogen) atoms. The number of carboxylic acids is 1. The molecule has 0 aliphatic rings. The maximum absolute atomic E-state index is 12.6. The molecule has 19 heteroatoms. The number of aromatic carboxylic acids is 1. The van der Waals surface area contributed by atoms with Crippen LogP contribution in [-0.2, 0) is 26.2 Å². The first-order valence-electron chi connectivity index (χ1n) is 20.3. The predicted molar refractivity (Wildman–Crippen MR) is 260 cm³/mol. The smallest absolute Gasteiger partial charge is 0.335 e. The van der Waals surface area contributed by atoms with E-state index in [1.807, 2.05) is 26.0 Å². The minimum Gasteiger partial charge on any atom is -0.478 e. The first-order valence-corrected chi connectivity index (χ1v) is 20.3. The number of aromatic nitrogens is 6. The Balaban J connectivity index is 0.000000236. The summed E-state index contributed by atoms with van der Waals surface area (Å²) >= 11 is 12.0. The molecule has 0 aliphatic heterocycles. The quantitative estimate of drug-likeness (QED) is 0.0943. The van der Waals surface area contributed by atoms with Crippen LogP contribution in [0.5, 0.6) is 0 Å². The summed E-state index contributed by atoms with van der Waals surface area (Å²) in [5.41, 5.74) is 21.9. The Morgan fingerprint density at radius 2 is 1.15 bits per heavy atom. The van der Waals surface area contributed by atoms with Crippen LogP contribution in [0.15, 0.2) is 132 Å². The van der Waals surface area contributed by atoms with Gasteiger partial charge in [0.15, 0.2) is 0 Å². The second kappa shape index (κ2) is 24.2. The van der Waals surface area contributed by atoms with Crippen molar-refractivity contribution in [2.45, 2.75) is 40.0 Å². The molecule has 0 aliphatic carbocycles. The number of carbonyl (C=O) groups excluding carboxylic acids is 1.